The van der Waals surface area contributed by atoms with Gasteiger partial charge in [-0.25, -0.2) is 0 Å². The zero-order valence-electron chi connectivity index (χ0n) is 16.7. The Morgan fingerprint density at radius 1 is 0.967 bits per heavy atom. The molecule has 0 unspecified atom stereocenters. The number of halogens is 2. The normalized spacial score (nSPS) is 10.8. The van der Waals surface area contributed by atoms with Gasteiger partial charge in [0.05, 0.1) is 31.5 Å². The Bertz CT molecular complexity index is 1030. The van der Waals surface area contributed by atoms with E-state index in [1.54, 1.807) is 20.4 Å². The number of methoxy groups -OCH3 is 2. The summed E-state index contributed by atoms with van der Waals surface area (Å²) in [6, 6.07) is 19.2. The largest absolute Gasteiger partial charge is 0.496 e. The molecule has 0 aliphatic carbocycles. The molecule has 0 aliphatic rings. The van der Waals surface area contributed by atoms with Crippen LogP contribution in [0.3, 0.4) is 0 Å². The summed E-state index contributed by atoms with van der Waals surface area (Å²) in [7, 11) is 3.26. The molecular weight excluding hydrogens is 468 g/mol. The molecule has 0 amide bonds. The van der Waals surface area contributed by atoms with Crippen LogP contribution in [0.15, 0.2) is 70.2 Å². The maximum absolute atomic E-state index is 6.21. The molecule has 0 aliphatic heterocycles. The summed E-state index contributed by atoms with van der Waals surface area (Å²) in [6.45, 7) is 0.889. The zero-order chi connectivity index (χ0) is 21.3. The number of para-hydroxylation sites is 1. The van der Waals surface area contributed by atoms with Crippen molar-refractivity contribution in [2.24, 2.45) is 5.10 Å². The second kappa shape index (κ2) is 10.9. The van der Waals surface area contributed by atoms with Crippen LogP contribution >= 0.6 is 27.5 Å². The predicted molar refractivity (Wildman–Crippen MR) is 124 cm³/mol. The SMILES string of the molecule is COc1ccccc1CN/N=C/c1cc(Br)c(OCc2ccccc2Cl)c(OC)c1. The van der Waals surface area contributed by atoms with E-state index in [1.807, 2.05) is 60.7 Å². The van der Waals surface area contributed by atoms with Crippen LogP contribution in [-0.4, -0.2) is 20.4 Å². The molecule has 3 aromatic carbocycles. The summed E-state index contributed by atoms with van der Waals surface area (Å²) in [5, 5.41) is 4.96. The minimum Gasteiger partial charge on any atom is -0.496 e. The number of hydrogen-bond acceptors (Lipinski definition) is 5. The molecule has 1 N–H and O–H groups in total. The van der Waals surface area contributed by atoms with Crippen LogP contribution in [0, 0.1) is 0 Å². The Morgan fingerprint density at radius 2 is 1.67 bits per heavy atom. The van der Waals surface area contributed by atoms with E-state index in [0.29, 0.717) is 29.7 Å². The van der Waals surface area contributed by atoms with E-state index < -0.39 is 0 Å². The van der Waals surface area contributed by atoms with E-state index in [9.17, 15) is 0 Å². The minimum atomic E-state index is 0.336. The molecule has 0 heterocycles. The monoisotopic (exact) mass is 488 g/mol. The summed E-state index contributed by atoms with van der Waals surface area (Å²) >= 11 is 9.77. The van der Waals surface area contributed by atoms with Crippen molar-refractivity contribution in [3.63, 3.8) is 0 Å². The molecule has 5 nitrogen and oxygen atoms in total. The van der Waals surface area contributed by atoms with Gasteiger partial charge in [0.25, 0.3) is 0 Å². The third kappa shape index (κ3) is 5.68. The van der Waals surface area contributed by atoms with Crippen molar-refractivity contribution in [3.8, 4) is 17.2 Å². The average Bonchev–Trinajstić information content (AvgIpc) is 2.77. The number of rotatable bonds is 9. The zero-order valence-corrected chi connectivity index (χ0v) is 19.0. The van der Waals surface area contributed by atoms with Crippen LogP contribution in [0.25, 0.3) is 0 Å². The fourth-order valence-corrected chi connectivity index (χ4v) is 3.58. The third-order valence-corrected chi connectivity index (χ3v) is 5.31. The highest BCUT2D eigenvalue weighted by Gasteiger charge is 2.12. The molecule has 0 saturated carbocycles. The third-order valence-electron chi connectivity index (χ3n) is 4.35. The number of benzene rings is 3. The van der Waals surface area contributed by atoms with E-state index in [4.69, 9.17) is 25.8 Å². The van der Waals surface area contributed by atoms with Crippen molar-refractivity contribution < 1.29 is 14.2 Å². The van der Waals surface area contributed by atoms with E-state index in [1.165, 1.54) is 0 Å². The van der Waals surface area contributed by atoms with Crippen LogP contribution in [-0.2, 0) is 13.2 Å². The first-order valence-electron chi connectivity index (χ1n) is 9.24. The van der Waals surface area contributed by atoms with E-state index in [2.05, 4.69) is 26.5 Å². The number of nitrogens with one attached hydrogen (secondary N) is 1. The quantitative estimate of drug-likeness (QED) is 0.304. The molecule has 0 bridgehead atoms. The number of ether oxygens (including phenoxy) is 3. The van der Waals surface area contributed by atoms with Crippen molar-refractivity contribution in [3.05, 3.63) is 86.8 Å². The Kier molecular flexibility index (Phi) is 7.99. The minimum absolute atomic E-state index is 0.336. The lowest BCUT2D eigenvalue weighted by Gasteiger charge is -2.14. The molecule has 3 rings (SSSR count). The lowest BCUT2D eigenvalue weighted by atomic mass is 10.2. The molecule has 30 heavy (non-hydrogen) atoms. The van der Waals surface area contributed by atoms with Crippen LogP contribution in [0.2, 0.25) is 5.02 Å². The van der Waals surface area contributed by atoms with Gasteiger partial charge in [-0.2, -0.15) is 5.10 Å². The van der Waals surface area contributed by atoms with E-state index >= 15 is 0 Å². The van der Waals surface area contributed by atoms with E-state index in [-0.39, 0.29) is 0 Å². The lowest BCUT2D eigenvalue weighted by Crippen LogP contribution is -2.07. The number of nitrogens with zero attached hydrogens (tertiary/aromatic N) is 1. The lowest BCUT2D eigenvalue weighted by molar-refractivity contribution is 0.282. The van der Waals surface area contributed by atoms with Gasteiger partial charge in [0, 0.05) is 16.1 Å². The smallest absolute Gasteiger partial charge is 0.175 e. The molecule has 7 heteroatoms. The molecule has 0 saturated heterocycles. The maximum atomic E-state index is 6.21. The first-order chi connectivity index (χ1) is 14.6. The van der Waals surface area contributed by atoms with Crippen molar-refractivity contribution >= 4 is 33.7 Å². The van der Waals surface area contributed by atoms with Crippen LogP contribution < -0.4 is 19.6 Å². The number of hydrazone groups is 1. The Labute approximate surface area is 189 Å². The van der Waals surface area contributed by atoms with Crippen molar-refractivity contribution in [2.75, 3.05) is 14.2 Å². The summed E-state index contributed by atoms with van der Waals surface area (Å²) in [5.74, 6) is 2.03. The van der Waals surface area contributed by atoms with Gasteiger partial charge in [0.15, 0.2) is 11.5 Å². The van der Waals surface area contributed by atoms with Crippen LogP contribution in [0.4, 0.5) is 0 Å². The van der Waals surface area contributed by atoms with Gasteiger partial charge in [-0.05, 0) is 45.8 Å². The van der Waals surface area contributed by atoms with Gasteiger partial charge >= 0.3 is 0 Å². The van der Waals surface area contributed by atoms with Gasteiger partial charge in [-0.15, -0.1) is 0 Å². The van der Waals surface area contributed by atoms with Crippen LogP contribution in [0.5, 0.6) is 17.2 Å². The molecular formula is C23H22BrClN2O3. The molecule has 0 aromatic heterocycles. The predicted octanol–water partition coefficient (Wildman–Crippen LogP) is 5.82. The van der Waals surface area contributed by atoms with Crippen LogP contribution in [0.1, 0.15) is 16.7 Å². The highest BCUT2D eigenvalue weighted by Crippen LogP contribution is 2.37. The van der Waals surface area contributed by atoms with Crippen molar-refractivity contribution in [2.45, 2.75) is 13.2 Å². The van der Waals surface area contributed by atoms with Gasteiger partial charge in [0.2, 0.25) is 0 Å². The highest BCUT2D eigenvalue weighted by molar-refractivity contribution is 9.10. The first kappa shape index (κ1) is 22.0. The summed E-state index contributed by atoms with van der Waals surface area (Å²) in [6.07, 6.45) is 1.72. The van der Waals surface area contributed by atoms with Gasteiger partial charge in [-0.3, -0.25) is 0 Å². The highest BCUT2D eigenvalue weighted by atomic mass is 79.9. The van der Waals surface area contributed by atoms with Crippen molar-refractivity contribution in [1.29, 1.82) is 0 Å². The summed E-state index contributed by atoms with van der Waals surface area (Å²) in [5.41, 5.74) is 5.82. The Morgan fingerprint density at radius 3 is 2.40 bits per heavy atom. The number of hydrogen-bond donors (Lipinski definition) is 1. The summed E-state index contributed by atoms with van der Waals surface area (Å²) < 4.78 is 17.6. The maximum Gasteiger partial charge on any atom is 0.175 e. The fourth-order valence-electron chi connectivity index (χ4n) is 2.82. The molecule has 156 valence electrons. The van der Waals surface area contributed by atoms with Crippen molar-refractivity contribution in [1.82, 2.24) is 5.43 Å². The summed E-state index contributed by atoms with van der Waals surface area (Å²) in [4.78, 5) is 0. The van der Waals surface area contributed by atoms with E-state index in [0.717, 1.165) is 26.9 Å². The molecule has 0 spiro atoms. The van der Waals surface area contributed by atoms with Gasteiger partial charge in [0.1, 0.15) is 12.4 Å². The van der Waals surface area contributed by atoms with Gasteiger partial charge < -0.3 is 19.6 Å². The molecule has 0 radical (unpaired) electrons. The standard InChI is InChI=1S/C23H22BrClN2O3/c1-28-21-10-6-4-7-17(21)14-27-26-13-16-11-19(24)23(22(12-16)29-2)30-15-18-8-3-5-9-20(18)25/h3-13,27H,14-15H2,1-2H3/b26-13+. The Balaban J connectivity index is 1.67. The van der Waals surface area contributed by atoms with Gasteiger partial charge in [-0.1, -0.05) is 48.0 Å². The second-order valence-electron chi connectivity index (χ2n) is 6.32. The average molecular weight is 490 g/mol. The topological polar surface area (TPSA) is 52.1 Å². The Hall–Kier alpha value is -2.70. The fraction of sp³-hybridized carbons (Fsp3) is 0.174. The molecule has 0 fully saturated rings. The molecule has 3 aromatic rings. The second-order valence-corrected chi connectivity index (χ2v) is 7.58. The first-order valence-corrected chi connectivity index (χ1v) is 10.4. The molecule has 0 atom stereocenters.